The summed E-state index contributed by atoms with van der Waals surface area (Å²) in [4.78, 5) is 14.5. The van der Waals surface area contributed by atoms with E-state index in [0.29, 0.717) is 9.90 Å². The molecule has 0 spiro atoms. The molecule has 0 radical (unpaired) electrons. The van der Waals surface area contributed by atoms with E-state index in [1.54, 1.807) is 11.9 Å². The lowest BCUT2D eigenvalue weighted by Gasteiger charge is -2.25. The maximum atomic E-state index is 12.0. The van der Waals surface area contributed by atoms with Crippen LogP contribution in [0.4, 0.5) is 0 Å². The molecule has 1 fully saturated rings. The summed E-state index contributed by atoms with van der Waals surface area (Å²) in [5.74, 6) is -0.889. The maximum absolute atomic E-state index is 12.0. The molecule has 1 N–H and O–H groups in total. The van der Waals surface area contributed by atoms with Gasteiger partial charge in [0.05, 0.1) is 0 Å². The minimum atomic E-state index is -0.889. The highest BCUT2D eigenvalue weighted by molar-refractivity contribution is 7.97. The van der Waals surface area contributed by atoms with Crippen LogP contribution in [0.5, 0.6) is 0 Å². The van der Waals surface area contributed by atoms with E-state index in [9.17, 15) is 9.90 Å². The van der Waals surface area contributed by atoms with Gasteiger partial charge < -0.3 is 5.11 Å². The molecule has 1 aliphatic rings. The fourth-order valence-electron chi connectivity index (χ4n) is 3.68. The van der Waals surface area contributed by atoms with Gasteiger partial charge in [-0.2, -0.15) is 0 Å². The van der Waals surface area contributed by atoms with Gasteiger partial charge >= 0.3 is 5.97 Å². The van der Waals surface area contributed by atoms with Crippen molar-refractivity contribution in [2.75, 3.05) is 13.1 Å². The normalized spacial score (nSPS) is 14.8. The van der Waals surface area contributed by atoms with Crippen LogP contribution < -0.4 is 0 Å². The number of carbonyl (C=O) groups is 1. The van der Waals surface area contributed by atoms with Gasteiger partial charge in [-0.05, 0) is 72.7 Å². The van der Waals surface area contributed by atoms with Gasteiger partial charge in [-0.25, -0.2) is 9.10 Å². The van der Waals surface area contributed by atoms with Crippen LogP contribution in [-0.4, -0.2) is 28.5 Å². The van der Waals surface area contributed by atoms with Gasteiger partial charge in [0.25, 0.3) is 0 Å². The van der Waals surface area contributed by atoms with Crippen LogP contribution in [-0.2, 0) is 0 Å². The molecule has 2 aromatic carbocycles. The molecule has 1 saturated heterocycles. The maximum Gasteiger partial charge on any atom is 0.346 e. The Labute approximate surface area is 184 Å². The Hall–Kier alpha value is -1.79. The first-order chi connectivity index (χ1) is 14.0. The highest BCUT2D eigenvalue weighted by atomic mass is 35.5. The fourth-order valence-corrected chi connectivity index (χ4v) is 5.97. The van der Waals surface area contributed by atoms with Crippen molar-refractivity contribution in [2.24, 2.45) is 0 Å². The third-order valence-corrected chi connectivity index (χ3v) is 7.83. The lowest BCUT2D eigenvalue weighted by atomic mass is 9.99. The van der Waals surface area contributed by atoms with E-state index in [-0.39, 0.29) is 0 Å². The number of nitrogens with zero attached hydrogens (tertiary/aromatic N) is 1. The van der Waals surface area contributed by atoms with Crippen molar-refractivity contribution in [2.45, 2.75) is 31.1 Å². The zero-order valence-corrected chi connectivity index (χ0v) is 18.5. The van der Waals surface area contributed by atoms with Crippen molar-refractivity contribution >= 4 is 40.9 Å². The topological polar surface area (TPSA) is 40.5 Å². The Balaban J connectivity index is 1.66. The SMILES string of the molecule is Cc1c(-c2ccc(Cl)cc2)sc(C(=O)O)c1-c1ccc(SN2CCCCC2)cc1. The molecule has 3 nitrogen and oxygen atoms in total. The minimum absolute atomic E-state index is 0.379. The molecule has 6 heteroatoms. The number of carboxylic acid groups (broad SMARTS) is 1. The fraction of sp³-hybridized carbons (Fsp3) is 0.261. The second-order valence-corrected chi connectivity index (χ2v) is 9.81. The van der Waals surface area contributed by atoms with Crippen LogP contribution in [0.3, 0.4) is 0 Å². The van der Waals surface area contributed by atoms with Crippen LogP contribution >= 0.6 is 34.9 Å². The molecule has 0 amide bonds. The smallest absolute Gasteiger partial charge is 0.346 e. The Morgan fingerprint density at radius 2 is 1.62 bits per heavy atom. The number of benzene rings is 2. The summed E-state index contributed by atoms with van der Waals surface area (Å²) in [6.45, 7) is 4.26. The molecule has 1 aliphatic heterocycles. The van der Waals surface area contributed by atoms with Gasteiger partial charge in [-0.3, -0.25) is 0 Å². The standard InChI is InChI=1S/C23H22ClNO2S2/c1-15-20(16-7-11-19(12-8-16)29-25-13-3-2-4-14-25)22(23(26)27)28-21(15)17-5-9-18(24)10-6-17/h5-12H,2-4,13-14H2,1H3,(H,26,27). The van der Waals surface area contributed by atoms with E-state index >= 15 is 0 Å². The van der Waals surface area contributed by atoms with E-state index in [0.717, 1.165) is 40.2 Å². The van der Waals surface area contributed by atoms with E-state index < -0.39 is 5.97 Å². The van der Waals surface area contributed by atoms with Crippen molar-refractivity contribution in [3.05, 3.63) is 64.0 Å². The third-order valence-electron chi connectivity index (χ3n) is 5.14. The van der Waals surface area contributed by atoms with Crippen molar-refractivity contribution in [1.29, 1.82) is 0 Å². The zero-order valence-electron chi connectivity index (χ0n) is 16.2. The number of hydrogen-bond acceptors (Lipinski definition) is 4. The number of thiophene rings is 1. The first kappa shape index (κ1) is 20.5. The summed E-state index contributed by atoms with van der Waals surface area (Å²) < 4.78 is 2.41. The average molecular weight is 444 g/mol. The van der Waals surface area contributed by atoms with Crippen molar-refractivity contribution in [1.82, 2.24) is 4.31 Å². The molecule has 0 bridgehead atoms. The first-order valence-corrected chi connectivity index (χ1v) is 11.7. The molecular weight excluding hydrogens is 422 g/mol. The molecular formula is C23H22ClNO2S2. The summed E-state index contributed by atoms with van der Waals surface area (Å²) in [6, 6.07) is 15.8. The second kappa shape index (κ2) is 8.92. The molecule has 3 aromatic rings. The Bertz CT molecular complexity index is 1010. The Morgan fingerprint density at radius 1 is 1.00 bits per heavy atom. The highest BCUT2D eigenvalue weighted by Crippen LogP contribution is 2.42. The van der Waals surface area contributed by atoms with Gasteiger partial charge in [0, 0.05) is 33.4 Å². The number of piperidine rings is 1. The molecule has 2 heterocycles. The number of rotatable bonds is 5. The van der Waals surface area contributed by atoms with Gasteiger partial charge in [-0.1, -0.05) is 42.3 Å². The Kier molecular flexibility index (Phi) is 6.30. The highest BCUT2D eigenvalue weighted by Gasteiger charge is 2.22. The van der Waals surface area contributed by atoms with E-state index in [1.165, 1.54) is 35.5 Å². The van der Waals surface area contributed by atoms with Crippen LogP contribution in [0.15, 0.2) is 53.4 Å². The quantitative estimate of drug-likeness (QED) is 0.422. The number of halogens is 1. The number of carboxylic acids is 1. The summed E-state index contributed by atoms with van der Waals surface area (Å²) in [6.07, 6.45) is 3.84. The largest absolute Gasteiger partial charge is 0.477 e. The summed E-state index contributed by atoms with van der Waals surface area (Å²) in [7, 11) is 0. The lowest BCUT2D eigenvalue weighted by molar-refractivity contribution is 0.0703. The van der Waals surface area contributed by atoms with Crippen LogP contribution in [0.25, 0.3) is 21.6 Å². The molecule has 0 saturated carbocycles. The molecule has 1 aromatic heterocycles. The molecule has 150 valence electrons. The van der Waals surface area contributed by atoms with E-state index in [2.05, 4.69) is 16.4 Å². The van der Waals surface area contributed by atoms with Crippen molar-refractivity contribution in [3.8, 4) is 21.6 Å². The van der Waals surface area contributed by atoms with Crippen LogP contribution in [0.2, 0.25) is 5.02 Å². The molecule has 4 rings (SSSR count). The molecule has 0 aliphatic carbocycles. The lowest BCUT2D eigenvalue weighted by Crippen LogP contribution is -2.22. The third kappa shape index (κ3) is 4.53. The summed E-state index contributed by atoms with van der Waals surface area (Å²) in [5, 5.41) is 10.5. The van der Waals surface area contributed by atoms with Gasteiger partial charge in [0.15, 0.2) is 0 Å². The van der Waals surface area contributed by atoms with Crippen LogP contribution in [0.1, 0.15) is 34.5 Å². The summed E-state index contributed by atoms with van der Waals surface area (Å²) >= 11 is 9.13. The van der Waals surface area contributed by atoms with Crippen molar-refractivity contribution < 1.29 is 9.90 Å². The van der Waals surface area contributed by atoms with Crippen LogP contribution in [0, 0.1) is 6.92 Å². The average Bonchev–Trinajstić information content (AvgIpc) is 3.07. The monoisotopic (exact) mass is 443 g/mol. The van der Waals surface area contributed by atoms with Gasteiger partial charge in [-0.15, -0.1) is 11.3 Å². The van der Waals surface area contributed by atoms with Crippen molar-refractivity contribution in [3.63, 3.8) is 0 Å². The van der Waals surface area contributed by atoms with Gasteiger partial charge in [0.2, 0.25) is 0 Å². The first-order valence-electron chi connectivity index (χ1n) is 9.69. The number of hydrogen-bond donors (Lipinski definition) is 1. The van der Waals surface area contributed by atoms with E-state index in [4.69, 9.17) is 11.6 Å². The Morgan fingerprint density at radius 3 is 2.24 bits per heavy atom. The molecule has 0 atom stereocenters. The predicted octanol–water partition coefficient (Wildman–Crippen LogP) is 7.24. The second-order valence-electron chi connectivity index (χ2n) is 7.18. The predicted molar refractivity (Wildman–Crippen MR) is 123 cm³/mol. The van der Waals surface area contributed by atoms with Gasteiger partial charge in [0.1, 0.15) is 4.88 Å². The summed E-state index contributed by atoms with van der Waals surface area (Å²) in [5.41, 5.74) is 3.73. The molecule has 0 unspecified atom stereocenters. The zero-order chi connectivity index (χ0) is 20.4. The number of aromatic carboxylic acids is 1. The molecule has 29 heavy (non-hydrogen) atoms. The minimum Gasteiger partial charge on any atom is -0.477 e. The van der Waals surface area contributed by atoms with E-state index in [1.807, 2.05) is 43.3 Å².